The number of hydrogen-bond donors (Lipinski definition) is 3. The molecule has 0 aliphatic carbocycles. The molecule has 0 atom stereocenters. The first kappa shape index (κ1) is 11.9. The van der Waals surface area contributed by atoms with Crippen LogP contribution in [0.3, 0.4) is 0 Å². The SMILES string of the molecule is NC(=O)CONCc1cccc2c1NCCC2. The molecule has 0 radical (unpaired) electrons. The first-order valence-corrected chi connectivity index (χ1v) is 5.75. The van der Waals surface area contributed by atoms with E-state index in [1.807, 2.05) is 12.1 Å². The largest absolute Gasteiger partial charge is 0.385 e. The van der Waals surface area contributed by atoms with Crippen molar-refractivity contribution in [3.8, 4) is 0 Å². The van der Waals surface area contributed by atoms with E-state index in [0.29, 0.717) is 6.54 Å². The van der Waals surface area contributed by atoms with Gasteiger partial charge in [-0.05, 0) is 24.0 Å². The fourth-order valence-electron chi connectivity index (χ4n) is 1.98. The molecule has 0 unspecified atom stereocenters. The van der Waals surface area contributed by atoms with Crippen LogP contribution in [0.5, 0.6) is 0 Å². The van der Waals surface area contributed by atoms with E-state index in [2.05, 4.69) is 16.9 Å². The Bertz CT molecular complexity index is 407. The standard InChI is InChI=1S/C12H17N3O2/c13-11(16)8-17-15-7-10-4-1-3-9-5-2-6-14-12(9)10/h1,3-4,14-15H,2,5-8H2,(H2,13,16). The minimum absolute atomic E-state index is 0.109. The summed E-state index contributed by atoms with van der Waals surface area (Å²) in [6.07, 6.45) is 2.28. The molecule has 1 aromatic carbocycles. The maximum Gasteiger partial charge on any atom is 0.245 e. The third-order valence-corrected chi connectivity index (χ3v) is 2.74. The summed E-state index contributed by atoms with van der Waals surface area (Å²) in [4.78, 5) is 15.4. The highest BCUT2D eigenvalue weighted by atomic mass is 16.6. The van der Waals surface area contributed by atoms with Gasteiger partial charge in [0.15, 0.2) is 0 Å². The van der Waals surface area contributed by atoms with Crippen molar-refractivity contribution in [2.45, 2.75) is 19.4 Å². The number of fused-ring (bicyclic) bond motifs is 1. The first-order chi connectivity index (χ1) is 8.27. The van der Waals surface area contributed by atoms with Gasteiger partial charge in [-0.1, -0.05) is 18.2 Å². The quantitative estimate of drug-likeness (QED) is 0.514. The molecule has 0 saturated carbocycles. The molecule has 1 aromatic rings. The van der Waals surface area contributed by atoms with Crippen molar-refractivity contribution in [1.29, 1.82) is 0 Å². The van der Waals surface area contributed by atoms with E-state index < -0.39 is 5.91 Å². The van der Waals surface area contributed by atoms with Gasteiger partial charge in [0.2, 0.25) is 5.91 Å². The highest BCUT2D eigenvalue weighted by molar-refractivity contribution is 5.74. The minimum atomic E-state index is -0.481. The molecular weight excluding hydrogens is 218 g/mol. The normalized spacial score (nSPS) is 13.9. The minimum Gasteiger partial charge on any atom is -0.385 e. The second-order valence-corrected chi connectivity index (χ2v) is 4.06. The Morgan fingerprint density at radius 1 is 1.53 bits per heavy atom. The van der Waals surface area contributed by atoms with Crippen molar-refractivity contribution in [3.05, 3.63) is 29.3 Å². The van der Waals surface area contributed by atoms with E-state index >= 15 is 0 Å². The number of carbonyl (C=O) groups is 1. The summed E-state index contributed by atoms with van der Waals surface area (Å²) < 4.78 is 0. The summed E-state index contributed by atoms with van der Waals surface area (Å²) in [5, 5.41) is 3.39. The van der Waals surface area contributed by atoms with Gasteiger partial charge in [0, 0.05) is 18.8 Å². The predicted molar refractivity (Wildman–Crippen MR) is 65.2 cm³/mol. The van der Waals surface area contributed by atoms with Crippen LogP contribution in [0.1, 0.15) is 17.5 Å². The maximum absolute atomic E-state index is 10.5. The summed E-state index contributed by atoms with van der Waals surface area (Å²) >= 11 is 0. The number of anilines is 1. The van der Waals surface area contributed by atoms with Gasteiger partial charge in [-0.15, -0.1) is 0 Å². The monoisotopic (exact) mass is 235 g/mol. The van der Waals surface area contributed by atoms with Gasteiger partial charge >= 0.3 is 0 Å². The van der Waals surface area contributed by atoms with Crippen molar-refractivity contribution >= 4 is 11.6 Å². The molecule has 1 aliphatic rings. The number of carbonyl (C=O) groups excluding carboxylic acids is 1. The average Bonchev–Trinajstić information content (AvgIpc) is 2.34. The van der Waals surface area contributed by atoms with Gasteiger partial charge in [0.1, 0.15) is 6.61 Å². The highest BCUT2D eigenvalue weighted by Crippen LogP contribution is 2.25. The molecule has 0 fully saturated rings. The summed E-state index contributed by atoms with van der Waals surface area (Å²) in [5.41, 5.74) is 11.4. The summed E-state index contributed by atoms with van der Waals surface area (Å²) in [6.45, 7) is 1.46. The smallest absolute Gasteiger partial charge is 0.245 e. The summed E-state index contributed by atoms with van der Waals surface area (Å²) in [6, 6.07) is 6.21. The van der Waals surface area contributed by atoms with Crippen molar-refractivity contribution in [2.24, 2.45) is 5.73 Å². The Kier molecular flexibility index (Phi) is 3.95. The third kappa shape index (κ3) is 3.18. The Morgan fingerprint density at radius 2 is 2.41 bits per heavy atom. The van der Waals surface area contributed by atoms with Crippen LogP contribution in [0.4, 0.5) is 5.69 Å². The Morgan fingerprint density at radius 3 is 3.24 bits per heavy atom. The van der Waals surface area contributed by atoms with E-state index in [1.54, 1.807) is 0 Å². The van der Waals surface area contributed by atoms with Gasteiger partial charge in [0.05, 0.1) is 0 Å². The molecule has 1 aliphatic heterocycles. The average molecular weight is 235 g/mol. The highest BCUT2D eigenvalue weighted by Gasteiger charge is 2.11. The van der Waals surface area contributed by atoms with Gasteiger partial charge < -0.3 is 11.1 Å². The fraction of sp³-hybridized carbons (Fsp3) is 0.417. The molecule has 5 nitrogen and oxygen atoms in total. The fourth-order valence-corrected chi connectivity index (χ4v) is 1.98. The van der Waals surface area contributed by atoms with E-state index in [0.717, 1.165) is 18.5 Å². The molecule has 92 valence electrons. The lowest BCUT2D eigenvalue weighted by Crippen LogP contribution is -2.25. The lowest BCUT2D eigenvalue weighted by Gasteiger charge is -2.21. The van der Waals surface area contributed by atoms with Crippen molar-refractivity contribution in [3.63, 3.8) is 0 Å². The van der Waals surface area contributed by atoms with Gasteiger partial charge in [-0.25, -0.2) is 0 Å². The number of nitrogens with one attached hydrogen (secondary N) is 2. The summed E-state index contributed by atoms with van der Waals surface area (Å²) in [5.74, 6) is -0.481. The van der Waals surface area contributed by atoms with Crippen LogP contribution in [-0.4, -0.2) is 19.1 Å². The molecule has 0 aromatic heterocycles. The molecule has 1 amide bonds. The molecule has 4 N–H and O–H groups in total. The van der Waals surface area contributed by atoms with E-state index in [9.17, 15) is 4.79 Å². The van der Waals surface area contributed by atoms with Crippen LogP contribution in [-0.2, 0) is 22.6 Å². The van der Waals surface area contributed by atoms with Crippen molar-refractivity contribution in [1.82, 2.24) is 5.48 Å². The van der Waals surface area contributed by atoms with E-state index in [1.165, 1.54) is 17.7 Å². The number of hydroxylamine groups is 1. The molecular formula is C12H17N3O2. The van der Waals surface area contributed by atoms with Crippen LogP contribution in [0.2, 0.25) is 0 Å². The molecule has 1 heterocycles. The number of primary amides is 1. The number of para-hydroxylation sites is 1. The lowest BCUT2D eigenvalue weighted by atomic mass is 9.99. The zero-order chi connectivity index (χ0) is 12.1. The topological polar surface area (TPSA) is 76.4 Å². The van der Waals surface area contributed by atoms with Crippen LogP contribution in [0.25, 0.3) is 0 Å². The van der Waals surface area contributed by atoms with Crippen LogP contribution in [0.15, 0.2) is 18.2 Å². The Labute approximate surface area is 100 Å². The molecule has 17 heavy (non-hydrogen) atoms. The van der Waals surface area contributed by atoms with Crippen LogP contribution >= 0.6 is 0 Å². The third-order valence-electron chi connectivity index (χ3n) is 2.74. The maximum atomic E-state index is 10.5. The second-order valence-electron chi connectivity index (χ2n) is 4.06. The molecule has 2 rings (SSSR count). The zero-order valence-electron chi connectivity index (χ0n) is 9.66. The molecule has 0 spiro atoms. The number of benzene rings is 1. The number of nitrogens with two attached hydrogens (primary N) is 1. The lowest BCUT2D eigenvalue weighted by molar-refractivity contribution is -0.125. The van der Waals surface area contributed by atoms with E-state index in [4.69, 9.17) is 10.6 Å². The van der Waals surface area contributed by atoms with Crippen molar-refractivity contribution < 1.29 is 9.63 Å². The first-order valence-electron chi connectivity index (χ1n) is 5.75. The zero-order valence-corrected chi connectivity index (χ0v) is 9.66. The number of aryl methyl sites for hydroxylation is 1. The Hall–Kier alpha value is -1.59. The molecule has 0 saturated heterocycles. The van der Waals surface area contributed by atoms with Gasteiger partial charge in [0.25, 0.3) is 0 Å². The Balaban J connectivity index is 1.94. The van der Waals surface area contributed by atoms with Crippen LogP contribution < -0.4 is 16.5 Å². The molecule has 5 heteroatoms. The molecule has 0 bridgehead atoms. The predicted octanol–water partition coefficient (Wildman–Crippen LogP) is 0.551. The van der Waals surface area contributed by atoms with Crippen LogP contribution in [0, 0.1) is 0 Å². The summed E-state index contributed by atoms with van der Waals surface area (Å²) in [7, 11) is 0. The van der Waals surface area contributed by atoms with E-state index in [-0.39, 0.29) is 6.61 Å². The van der Waals surface area contributed by atoms with Gasteiger partial charge in [-0.2, -0.15) is 5.48 Å². The second kappa shape index (κ2) is 5.65. The number of hydrogen-bond acceptors (Lipinski definition) is 4. The van der Waals surface area contributed by atoms with Crippen molar-refractivity contribution in [2.75, 3.05) is 18.5 Å². The number of rotatable bonds is 5. The van der Waals surface area contributed by atoms with Gasteiger partial charge in [-0.3, -0.25) is 9.63 Å². The number of amides is 1.